The van der Waals surface area contributed by atoms with E-state index in [1.54, 1.807) is 12.1 Å². The Morgan fingerprint density at radius 2 is 2.00 bits per heavy atom. The summed E-state index contributed by atoms with van der Waals surface area (Å²) in [5.74, 6) is -0.548. The number of carbonyl (C=O) groups is 1. The van der Waals surface area contributed by atoms with Crippen LogP contribution in [0.2, 0.25) is 5.02 Å². The number of nitrogens with zero attached hydrogens (tertiary/aromatic N) is 1. The van der Waals surface area contributed by atoms with Gasteiger partial charge in [-0.25, -0.2) is 4.39 Å². The quantitative estimate of drug-likeness (QED) is 0.609. The molecule has 7 heteroatoms. The van der Waals surface area contributed by atoms with Crippen molar-refractivity contribution in [2.45, 2.75) is 19.4 Å². The molecule has 0 saturated carbocycles. The van der Waals surface area contributed by atoms with Crippen LogP contribution in [0.4, 0.5) is 4.39 Å². The van der Waals surface area contributed by atoms with Crippen LogP contribution in [0.1, 0.15) is 28.5 Å². The lowest BCUT2D eigenvalue weighted by Gasteiger charge is -2.28. The van der Waals surface area contributed by atoms with Gasteiger partial charge in [0.25, 0.3) is 5.91 Å². The summed E-state index contributed by atoms with van der Waals surface area (Å²) >= 11 is 6.15. The lowest BCUT2D eigenvalue weighted by Crippen LogP contribution is -2.39. The van der Waals surface area contributed by atoms with Gasteiger partial charge in [0.15, 0.2) is 0 Å². The molecule has 0 fully saturated rings. The monoisotopic (exact) mass is 433 g/mol. The highest BCUT2D eigenvalue weighted by Gasteiger charge is 2.31. The predicted molar refractivity (Wildman–Crippen MR) is 117 cm³/mol. The molecule has 2 heterocycles. The molecular formula is C22H22Cl2FN3O. The van der Waals surface area contributed by atoms with E-state index in [2.05, 4.69) is 5.32 Å². The van der Waals surface area contributed by atoms with E-state index in [9.17, 15) is 9.18 Å². The Labute approximate surface area is 180 Å². The lowest BCUT2D eigenvalue weighted by atomic mass is 9.99. The highest BCUT2D eigenvalue weighted by Crippen LogP contribution is 2.41. The van der Waals surface area contributed by atoms with Crippen LogP contribution in [-0.2, 0) is 0 Å². The molecule has 1 aromatic heterocycles. The molecule has 1 amide bonds. The Balaban J connectivity index is 0.00000240. The molecule has 29 heavy (non-hydrogen) atoms. The Morgan fingerprint density at radius 3 is 2.72 bits per heavy atom. The molecule has 152 valence electrons. The van der Waals surface area contributed by atoms with Gasteiger partial charge in [0.05, 0.1) is 11.7 Å². The van der Waals surface area contributed by atoms with Crippen molar-refractivity contribution in [3.63, 3.8) is 0 Å². The number of rotatable bonds is 4. The Morgan fingerprint density at radius 1 is 1.21 bits per heavy atom. The maximum absolute atomic E-state index is 14.7. The van der Waals surface area contributed by atoms with Crippen molar-refractivity contribution < 1.29 is 9.18 Å². The maximum Gasteiger partial charge on any atom is 0.268 e. The molecule has 1 unspecified atom stereocenters. The minimum absolute atomic E-state index is 0. The Bertz CT molecular complexity index is 1060. The fourth-order valence-corrected chi connectivity index (χ4v) is 4.06. The summed E-state index contributed by atoms with van der Waals surface area (Å²) in [7, 11) is 0. The lowest BCUT2D eigenvalue weighted by molar-refractivity contribution is 0.0914. The summed E-state index contributed by atoms with van der Waals surface area (Å²) in [5.41, 5.74) is 10.2. The van der Waals surface area contributed by atoms with Crippen LogP contribution >= 0.6 is 24.0 Å². The second-order valence-electron chi connectivity index (χ2n) is 7.10. The van der Waals surface area contributed by atoms with Gasteiger partial charge in [-0.1, -0.05) is 35.4 Å². The van der Waals surface area contributed by atoms with E-state index in [1.807, 2.05) is 35.8 Å². The second-order valence-corrected chi connectivity index (χ2v) is 7.53. The zero-order valence-electron chi connectivity index (χ0n) is 15.9. The fraction of sp³-hybridized carbons (Fsp3) is 0.227. The molecule has 1 aliphatic heterocycles. The zero-order chi connectivity index (χ0) is 19.8. The largest absolute Gasteiger partial charge is 0.349 e. The molecule has 0 aliphatic carbocycles. The van der Waals surface area contributed by atoms with Crippen LogP contribution in [0, 0.1) is 12.7 Å². The number of benzene rings is 2. The first-order valence-electron chi connectivity index (χ1n) is 9.25. The smallest absolute Gasteiger partial charge is 0.268 e. The van der Waals surface area contributed by atoms with E-state index in [1.165, 1.54) is 12.1 Å². The summed E-state index contributed by atoms with van der Waals surface area (Å²) < 4.78 is 16.8. The van der Waals surface area contributed by atoms with Gasteiger partial charge in [0.1, 0.15) is 11.5 Å². The maximum atomic E-state index is 14.7. The first kappa shape index (κ1) is 21.4. The van der Waals surface area contributed by atoms with E-state index in [-0.39, 0.29) is 30.2 Å². The molecule has 4 nitrogen and oxygen atoms in total. The molecule has 3 aromatic rings. The number of amides is 1. The average Bonchev–Trinajstić information content (AvgIpc) is 3.07. The van der Waals surface area contributed by atoms with Gasteiger partial charge in [-0.05, 0) is 55.8 Å². The molecule has 1 aliphatic rings. The molecule has 0 saturated heterocycles. The summed E-state index contributed by atoms with van der Waals surface area (Å²) in [4.78, 5) is 12.6. The van der Waals surface area contributed by atoms with E-state index < -0.39 is 0 Å². The molecule has 2 aromatic carbocycles. The van der Waals surface area contributed by atoms with E-state index in [4.69, 9.17) is 17.3 Å². The third-order valence-corrected chi connectivity index (χ3v) is 5.38. The van der Waals surface area contributed by atoms with Crippen molar-refractivity contribution >= 4 is 29.9 Å². The summed E-state index contributed by atoms with van der Waals surface area (Å²) in [6, 6.07) is 14.2. The average molecular weight is 434 g/mol. The van der Waals surface area contributed by atoms with E-state index in [0.29, 0.717) is 41.4 Å². The SMILES string of the molecule is Cc1cccc(-c2c(-c3cc(Cl)ccc3F)cc3n2C(CCN)CNC3=O)c1.Cl. The topological polar surface area (TPSA) is 60.0 Å². The predicted octanol–water partition coefficient (Wildman–Crippen LogP) is 4.98. The Kier molecular flexibility index (Phi) is 6.32. The van der Waals surface area contributed by atoms with Crippen molar-refractivity contribution in [2.75, 3.05) is 13.1 Å². The number of hydrogen-bond acceptors (Lipinski definition) is 2. The first-order chi connectivity index (χ1) is 13.5. The minimum atomic E-state index is -0.378. The summed E-state index contributed by atoms with van der Waals surface area (Å²) in [5, 5.41) is 3.36. The van der Waals surface area contributed by atoms with Crippen molar-refractivity contribution in [3.8, 4) is 22.4 Å². The molecule has 3 N–H and O–H groups in total. The van der Waals surface area contributed by atoms with Gasteiger partial charge >= 0.3 is 0 Å². The molecule has 4 rings (SSSR count). The van der Waals surface area contributed by atoms with Crippen LogP contribution in [0.15, 0.2) is 48.5 Å². The normalized spacial score (nSPS) is 15.4. The van der Waals surface area contributed by atoms with Gasteiger partial charge in [-0.2, -0.15) is 0 Å². The number of hydrogen-bond donors (Lipinski definition) is 2. The highest BCUT2D eigenvalue weighted by molar-refractivity contribution is 6.30. The van der Waals surface area contributed by atoms with Crippen molar-refractivity contribution in [3.05, 3.63) is 70.6 Å². The van der Waals surface area contributed by atoms with Gasteiger partial charge in [0, 0.05) is 22.7 Å². The summed E-state index contributed by atoms with van der Waals surface area (Å²) in [6.45, 7) is 2.99. The van der Waals surface area contributed by atoms with Crippen LogP contribution in [0.5, 0.6) is 0 Å². The zero-order valence-corrected chi connectivity index (χ0v) is 17.5. The van der Waals surface area contributed by atoms with Crippen LogP contribution in [-0.4, -0.2) is 23.6 Å². The van der Waals surface area contributed by atoms with E-state index >= 15 is 0 Å². The summed E-state index contributed by atoms with van der Waals surface area (Å²) in [6.07, 6.45) is 0.707. The molecule has 0 bridgehead atoms. The van der Waals surface area contributed by atoms with Gasteiger partial charge < -0.3 is 15.6 Å². The molecule has 0 radical (unpaired) electrons. The number of carbonyl (C=O) groups excluding carboxylic acids is 1. The van der Waals surface area contributed by atoms with Gasteiger partial charge in [0.2, 0.25) is 0 Å². The highest BCUT2D eigenvalue weighted by atomic mass is 35.5. The third kappa shape index (κ3) is 3.90. The number of nitrogens with two attached hydrogens (primary N) is 1. The number of aromatic nitrogens is 1. The number of fused-ring (bicyclic) bond motifs is 1. The van der Waals surface area contributed by atoms with Crippen LogP contribution < -0.4 is 11.1 Å². The Hall–Kier alpha value is -2.34. The van der Waals surface area contributed by atoms with Gasteiger partial charge in [-0.15, -0.1) is 12.4 Å². The van der Waals surface area contributed by atoms with Crippen molar-refractivity contribution in [2.24, 2.45) is 5.73 Å². The van der Waals surface area contributed by atoms with Gasteiger partial charge in [-0.3, -0.25) is 4.79 Å². The van der Waals surface area contributed by atoms with Crippen molar-refractivity contribution in [1.82, 2.24) is 9.88 Å². The first-order valence-corrected chi connectivity index (χ1v) is 9.63. The third-order valence-electron chi connectivity index (χ3n) is 5.14. The molecular weight excluding hydrogens is 412 g/mol. The number of nitrogens with one attached hydrogen (secondary N) is 1. The number of aryl methyl sites for hydroxylation is 1. The second kappa shape index (κ2) is 8.57. The van der Waals surface area contributed by atoms with Crippen molar-refractivity contribution in [1.29, 1.82) is 0 Å². The number of halogens is 3. The fourth-order valence-electron chi connectivity index (χ4n) is 3.89. The molecule has 0 spiro atoms. The van der Waals surface area contributed by atoms with E-state index in [0.717, 1.165) is 16.8 Å². The van der Waals surface area contributed by atoms with Crippen LogP contribution in [0.3, 0.4) is 0 Å². The van der Waals surface area contributed by atoms with Crippen LogP contribution in [0.25, 0.3) is 22.4 Å². The molecule has 1 atom stereocenters. The standard InChI is InChI=1S/C22H21ClFN3O.ClH/c1-13-3-2-4-14(9-13)21-18(17-10-15(23)5-6-19(17)24)11-20-22(28)26-12-16(7-8-25)27(20)21;/h2-6,9-11,16H,7-8,12,25H2,1H3,(H,26,28);1H. The minimum Gasteiger partial charge on any atom is -0.349 e.